The SMILES string of the molecule is CC(C)O[C@H](C)c1ccccc1C(C(=O)O)N1CC[C@@H](OCCCCc2ccc3c(n2)CCCC3)C1. The van der Waals surface area contributed by atoms with Crippen LogP contribution in [0.4, 0.5) is 0 Å². The van der Waals surface area contributed by atoms with Gasteiger partial charge in [0, 0.05) is 31.1 Å². The van der Waals surface area contributed by atoms with Crippen LogP contribution in [0, 0.1) is 0 Å². The maximum atomic E-state index is 12.4. The summed E-state index contributed by atoms with van der Waals surface area (Å²) < 4.78 is 12.2. The molecule has 0 spiro atoms. The van der Waals surface area contributed by atoms with E-state index in [4.69, 9.17) is 14.5 Å². The van der Waals surface area contributed by atoms with Gasteiger partial charge in [-0.05, 0) is 94.9 Å². The Hall–Kier alpha value is -2.28. The standard InChI is InChI=1S/C30H42N2O4/c1-21(2)36-22(3)26-12-5-6-13-27(26)29(30(33)34)32-18-17-25(20-32)35-19-9-8-11-24-16-15-23-10-4-7-14-28(23)31-24/h5-6,12-13,15-16,21-22,25,29H,4,7-11,14,17-20H2,1-3H3,(H,33,34)/t22-,25-,29?/m1/s1. The minimum Gasteiger partial charge on any atom is -0.480 e. The third-order valence-corrected chi connectivity index (χ3v) is 7.40. The quantitative estimate of drug-likeness (QED) is 0.383. The number of pyridine rings is 1. The maximum Gasteiger partial charge on any atom is 0.325 e. The Kier molecular flexibility index (Phi) is 9.52. The zero-order chi connectivity index (χ0) is 25.5. The van der Waals surface area contributed by atoms with Crippen LogP contribution in [0.25, 0.3) is 0 Å². The molecule has 1 unspecified atom stereocenters. The first-order valence-corrected chi connectivity index (χ1v) is 13.7. The van der Waals surface area contributed by atoms with E-state index in [1.54, 1.807) is 0 Å². The van der Waals surface area contributed by atoms with Gasteiger partial charge in [0.05, 0.1) is 18.3 Å². The molecule has 1 N–H and O–H groups in total. The fraction of sp³-hybridized carbons (Fsp3) is 0.600. The van der Waals surface area contributed by atoms with Gasteiger partial charge in [-0.1, -0.05) is 30.3 Å². The van der Waals surface area contributed by atoms with Crippen molar-refractivity contribution >= 4 is 5.97 Å². The Labute approximate surface area is 216 Å². The number of aromatic nitrogens is 1. The topological polar surface area (TPSA) is 71.9 Å². The molecule has 3 atom stereocenters. The highest BCUT2D eigenvalue weighted by atomic mass is 16.5. The maximum absolute atomic E-state index is 12.4. The van der Waals surface area contributed by atoms with Crippen molar-refractivity contribution in [1.29, 1.82) is 0 Å². The number of likely N-dealkylation sites (tertiary alicyclic amines) is 1. The summed E-state index contributed by atoms with van der Waals surface area (Å²) >= 11 is 0. The molecule has 36 heavy (non-hydrogen) atoms. The molecule has 2 aliphatic rings. The van der Waals surface area contributed by atoms with Crippen LogP contribution >= 0.6 is 0 Å². The second-order valence-electron chi connectivity index (χ2n) is 10.5. The molecule has 1 aliphatic heterocycles. The predicted octanol–water partition coefficient (Wildman–Crippen LogP) is 5.69. The lowest BCUT2D eigenvalue weighted by Crippen LogP contribution is -2.34. The van der Waals surface area contributed by atoms with Gasteiger partial charge in [0.25, 0.3) is 0 Å². The fourth-order valence-electron chi connectivity index (χ4n) is 5.65. The second-order valence-corrected chi connectivity index (χ2v) is 10.5. The molecule has 1 aromatic carbocycles. The van der Waals surface area contributed by atoms with Crippen LogP contribution in [0.1, 0.15) is 93.1 Å². The first kappa shape index (κ1) is 26.8. The summed E-state index contributed by atoms with van der Waals surface area (Å²) in [6, 6.07) is 11.6. The largest absolute Gasteiger partial charge is 0.480 e. The van der Waals surface area contributed by atoms with Crippen molar-refractivity contribution in [3.8, 4) is 0 Å². The van der Waals surface area contributed by atoms with E-state index in [2.05, 4.69) is 12.1 Å². The number of nitrogens with zero attached hydrogens (tertiary/aromatic N) is 2. The Bertz CT molecular complexity index is 1010. The number of ether oxygens (including phenoxy) is 2. The van der Waals surface area contributed by atoms with Gasteiger partial charge in [-0.3, -0.25) is 14.7 Å². The van der Waals surface area contributed by atoms with Gasteiger partial charge >= 0.3 is 5.97 Å². The van der Waals surface area contributed by atoms with Crippen LogP contribution in [-0.2, 0) is 33.5 Å². The lowest BCUT2D eigenvalue weighted by Gasteiger charge is -2.28. The molecular formula is C30H42N2O4. The molecule has 0 bridgehead atoms. The van der Waals surface area contributed by atoms with E-state index in [0.717, 1.165) is 43.2 Å². The number of benzene rings is 1. The summed E-state index contributed by atoms with van der Waals surface area (Å²) in [4.78, 5) is 19.3. The van der Waals surface area contributed by atoms with E-state index < -0.39 is 12.0 Å². The number of carboxylic acids is 1. The Morgan fingerprint density at radius 2 is 1.86 bits per heavy atom. The van der Waals surface area contributed by atoms with E-state index in [0.29, 0.717) is 19.7 Å². The molecule has 1 fully saturated rings. The number of aliphatic carboxylic acids is 1. The van der Waals surface area contributed by atoms with Crippen LogP contribution in [-0.4, -0.2) is 52.9 Å². The van der Waals surface area contributed by atoms with Crippen molar-refractivity contribution in [2.75, 3.05) is 19.7 Å². The first-order valence-electron chi connectivity index (χ1n) is 13.7. The smallest absolute Gasteiger partial charge is 0.325 e. The first-order chi connectivity index (χ1) is 17.4. The molecule has 6 nitrogen and oxygen atoms in total. The second kappa shape index (κ2) is 12.8. The van der Waals surface area contributed by atoms with Crippen molar-refractivity contribution in [3.05, 3.63) is 64.5 Å². The fourth-order valence-corrected chi connectivity index (χ4v) is 5.65. The van der Waals surface area contributed by atoms with Crippen LogP contribution in [0.15, 0.2) is 36.4 Å². The molecule has 0 saturated carbocycles. The molecule has 2 heterocycles. The minimum absolute atomic E-state index is 0.0731. The van der Waals surface area contributed by atoms with Crippen LogP contribution in [0.5, 0.6) is 0 Å². The number of hydrogen-bond donors (Lipinski definition) is 1. The molecule has 4 rings (SSSR count). The summed E-state index contributed by atoms with van der Waals surface area (Å²) in [5, 5.41) is 10.2. The highest BCUT2D eigenvalue weighted by Crippen LogP contribution is 2.33. The Morgan fingerprint density at radius 3 is 2.64 bits per heavy atom. The summed E-state index contributed by atoms with van der Waals surface area (Å²) in [6.45, 7) is 8.05. The van der Waals surface area contributed by atoms with Crippen molar-refractivity contribution in [1.82, 2.24) is 9.88 Å². The average Bonchev–Trinajstić information content (AvgIpc) is 3.31. The molecular weight excluding hydrogens is 452 g/mol. The van der Waals surface area contributed by atoms with Gasteiger partial charge in [-0.15, -0.1) is 0 Å². The summed E-state index contributed by atoms with van der Waals surface area (Å²) in [5.74, 6) is -0.822. The monoisotopic (exact) mass is 494 g/mol. The highest BCUT2D eigenvalue weighted by Gasteiger charge is 2.35. The van der Waals surface area contributed by atoms with E-state index in [9.17, 15) is 9.90 Å². The third kappa shape index (κ3) is 6.93. The van der Waals surface area contributed by atoms with Gasteiger partial charge in [0.1, 0.15) is 6.04 Å². The Balaban J connectivity index is 1.26. The van der Waals surface area contributed by atoms with Gasteiger partial charge in [0.2, 0.25) is 0 Å². The number of aryl methyl sites for hydroxylation is 3. The molecule has 1 aromatic heterocycles. The van der Waals surface area contributed by atoms with Gasteiger partial charge < -0.3 is 14.6 Å². The summed E-state index contributed by atoms with van der Waals surface area (Å²) in [5.41, 5.74) is 5.69. The molecule has 2 aromatic rings. The number of rotatable bonds is 12. The summed E-state index contributed by atoms with van der Waals surface area (Å²) in [7, 11) is 0. The lowest BCUT2D eigenvalue weighted by molar-refractivity contribution is -0.143. The van der Waals surface area contributed by atoms with Crippen molar-refractivity contribution in [2.24, 2.45) is 0 Å². The highest BCUT2D eigenvalue weighted by molar-refractivity contribution is 5.76. The van der Waals surface area contributed by atoms with Crippen LogP contribution in [0.3, 0.4) is 0 Å². The van der Waals surface area contributed by atoms with Crippen LogP contribution < -0.4 is 0 Å². The summed E-state index contributed by atoms with van der Waals surface area (Å²) in [6.07, 6.45) is 8.72. The van der Waals surface area contributed by atoms with E-state index in [1.165, 1.54) is 36.2 Å². The van der Waals surface area contributed by atoms with Gasteiger partial charge in [-0.2, -0.15) is 0 Å². The van der Waals surface area contributed by atoms with Crippen molar-refractivity contribution in [3.63, 3.8) is 0 Å². The van der Waals surface area contributed by atoms with Crippen LogP contribution in [0.2, 0.25) is 0 Å². The molecule has 6 heteroatoms. The van der Waals surface area contributed by atoms with E-state index in [-0.39, 0.29) is 18.3 Å². The number of carbonyl (C=O) groups is 1. The van der Waals surface area contributed by atoms with E-state index >= 15 is 0 Å². The third-order valence-electron chi connectivity index (χ3n) is 7.40. The number of hydrogen-bond acceptors (Lipinski definition) is 5. The molecule has 1 saturated heterocycles. The molecule has 1 aliphatic carbocycles. The van der Waals surface area contributed by atoms with Gasteiger partial charge in [-0.25, -0.2) is 0 Å². The predicted molar refractivity (Wildman–Crippen MR) is 141 cm³/mol. The minimum atomic E-state index is -0.822. The lowest BCUT2D eigenvalue weighted by atomic mass is 9.95. The molecule has 0 amide bonds. The zero-order valence-corrected chi connectivity index (χ0v) is 22.1. The average molecular weight is 495 g/mol. The number of carboxylic acid groups (broad SMARTS) is 1. The van der Waals surface area contributed by atoms with Crippen molar-refractivity contribution < 1.29 is 19.4 Å². The Morgan fingerprint density at radius 1 is 1.08 bits per heavy atom. The molecule has 196 valence electrons. The van der Waals surface area contributed by atoms with E-state index in [1.807, 2.05) is 49.9 Å². The normalized spacial score (nSPS) is 19.8. The van der Waals surface area contributed by atoms with Gasteiger partial charge in [0.15, 0.2) is 0 Å². The van der Waals surface area contributed by atoms with Crippen molar-refractivity contribution in [2.45, 2.75) is 96.5 Å². The molecule has 0 radical (unpaired) electrons. The zero-order valence-electron chi connectivity index (χ0n) is 22.1. The number of fused-ring (bicyclic) bond motifs is 1. The number of unbranched alkanes of at least 4 members (excludes halogenated alkanes) is 1.